The molecule has 1 amide bonds. The summed E-state index contributed by atoms with van der Waals surface area (Å²) >= 11 is 1.48. The zero-order chi connectivity index (χ0) is 19.2. The van der Waals surface area contributed by atoms with Gasteiger partial charge >= 0.3 is 0 Å². The average Bonchev–Trinajstić information content (AvgIpc) is 3.09. The van der Waals surface area contributed by atoms with E-state index in [-0.39, 0.29) is 12.5 Å². The standard InChI is InChI=1S/C19H21N3O4S/c1-4-26-13-6-7-14-17(10-13)27-19(22-14)20-11-18(23)21-12-5-8-15(24-2)16(9-12)25-3/h5-10H,4,11H2,1-3H3,(H,20,22)(H,21,23). The van der Waals surface area contributed by atoms with E-state index in [1.54, 1.807) is 32.4 Å². The highest BCUT2D eigenvalue weighted by molar-refractivity contribution is 7.22. The first-order valence-electron chi connectivity index (χ1n) is 8.42. The third-order valence-electron chi connectivity index (χ3n) is 3.74. The summed E-state index contributed by atoms with van der Waals surface area (Å²) in [4.78, 5) is 16.7. The maximum Gasteiger partial charge on any atom is 0.243 e. The van der Waals surface area contributed by atoms with Crippen molar-refractivity contribution in [3.63, 3.8) is 0 Å². The molecule has 0 radical (unpaired) electrons. The van der Waals surface area contributed by atoms with Crippen LogP contribution in [0.3, 0.4) is 0 Å². The van der Waals surface area contributed by atoms with Gasteiger partial charge in [-0.1, -0.05) is 11.3 Å². The van der Waals surface area contributed by atoms with E-state index in [2.05, 4.69) is 15.6 Å². The fourth-order valence-corrected chi connectivity index (χ4v) is 3.40. The summed E-state index contributed by atoms with van der Waals surface area (Å²) < 4.78 is 16.9. The molecule has 3 rings (SSSR count). The maximum absolute atomic E-state index is 12.2. The van der Waals surface area contributed by atoms with Gasteiger partial charge in [-0.2, -0.15) is 0 Å². The van der Waals surface area contributed by atoms with Gasteiger partial charge in [0, 0.05) is 11.8 Å². The number of rotatable bonds is 8. The highest BCUT2D eigenvalue weighted by Crippen LogP contribution is 2.30. The Morgan fingerprint density at radius 1 is 1.11 bits per heavy atom. The van der Waals surface area contributed by atoms with Gasteiger partial charge in [-0.15, -0.1) is 0 Å². The quantitative estimate of drug-likeness (QED) is 0.612. The van der Waals surface area contributed by atoms with Crippen molar-refractivity contribution in [2.24, 2.45) is 0 Å². The maximum atomic E-state index is 12.2. The van der Waals surface area contributed by atoms with E-state index in [9.17, 15) is 4.79 Å². The Labute approximate surface area is 161 Å². The fraction of sp³-hybridized carbons (Fsp3) is 0.263. The zero-order valence-electron chi connectivity index (χ0n) is 15.4. The van der Waals surface area contributed by atoms with Crippen LogP contribution in [0.2, 0.25) is 0 Å². The van der Waals surface area contributed by atoms with Crippen molar-refractivity contribution in [2.75, 3.05) is 38.0 Å². The molecule has 3 aromatic rings. The number of nitrogens with zero attached hydrogens (tertiary/aromatic N) is 1. The van der Waals surface area contributed by atoms with Gasteiger partial charge in [-0.05, 0) is 37.3 Å². The van der Waals surface area contributed by atoms with E-state index in [1.807, 2.05) is 25.1 Å². The van der Waals surface area contributed by atoms with Gasteiger partial charge in [-0.25, -0.2) is 4.98 Å². The van der Waals surface area contributed by atoms with Crippen LogP contribution >= 0.6 is 11.3 Å². The summed E-state index contributed by atoms with van der Waals surface area (Å²) in [7, 11) is 3.12. The van der Waals surface area contributed by atoms with E-state index in [4.69, 9.17) is 14.2 Å². The van der Waals surface area contributed by atoms with E-state index >= 15 is 0 Å². The van der Waals surface area contributed by atoms with Crippen LogP contribution in [0.4, 0.5) is 10.8 Å². The van der Waals surface area contributed by atoms with Crippen molar-refractivity contribution in [1.82, 2.24) is 4.98 Å². The lowest BCUT2D eigenvalue weighted by Crippen LogP contribution is -2.21. The van der Waals surface area contributed by atoms with Crippen LogP contribution in [0.1, 0.15) is 6.92 Å². The minimum Gasteiger partial charge on any atom is -0.494 e. The van der Waals surface area contributed by atoms with Crippen molar-refractivity contribution in [1.29, 1.82) is 0 Å². The molecule has 1 heterocycles. The van der Waals surface area contributed by atoms with Gasteiger partial charge in [0.1, 0.15) is 5.75 Å². The van der Waals surface area contributed by atoms with Gasteiger partial charge in [0.25, 0.3) is 0 Å². The molecule has 8 heteroatoms. The van der Waals surface area contributed by atoms with Crippen LogP contribution in [0, 0.1) is 0 Å². The van der Waals surface area contributed by atoms with Gasteiger partial charge in [0.2, 0.25) is 5.91 Å². The van der Waals surface area contributed by atoms with E-state index < -0.39 is 0 Å². The monoisotopic (exact) mass is 387 g/mol. The lowest BCUT2D eigenvalue weighted by atomic mass is 10.2. The molecule has 0 saturated heterocycles. The summed E-state index contributed by atoms with van der Waals surface area (Å²) in [6.07, 6.45) is 0. The second-order valence-corrected chi connectivity index (χ2v) is 6.58. The molecule has 0 atom stereocenters. The van der Waals surface area contributed by atoms with Crippen LogP contribution in [0.25, 0.3) is 10.2 Å². The number of carbonyl (C=O) groups is 1. The molecule has 1 aromatic heterocycles. The number of nitrogens with one attached hydrogen (secondary N) is 2. The van der Waals surface area contributed by atoms with E-state index in [0.717, 1.165) is 16.0 Å². The summed E-state index contributed by atoms with van der Waals surface area (Å²) in [5.41, 5.74) is 1.50. The Bertz CT molecular complexity index is 942. The third-order valence-corrected chi connectivity index (χ3v) is 4.71. The highest BCUT2D eigenvalue weighted by atomic mass is 32.1. The first-order valence-corrected chi connectivity index (χ1v) is 9.23. The molecule has 2 N–H and O–H groups in total. The minimum atomic E-state index is -0.184. The largest absolute Gasteiger partial charge is 0.494 e. The van der Waals surface area contributed by atoms with Crippen LogP contribution in [0.5, 0.6) is 17.2 Å². The van der Waals surface area contributed by atoms with Gasteiger partial charge in [0.15, 0.2) is 16.6 Å². The molecule has 0 spiro atoms. The predicted molar refractivity (Wildman–Crippen MR) is 107 cm³/mol. The number of hydrogen-bond donors (Lipinski definition) is 2. The number of anilines is 2. The summed E-state index contributed by atoms with van der Waals surface area (Å²) in [6, 6.07) is 11.0. The molecule has 0 bridgehead atoms. The molecular weight excluding hydrogens is 366 g/mol. The minimum absolute atomic E-state index is 0.104. The number of ether oxygens (including phenoxy) is 3. The molecule has 0 fully saturated rings. The van der Waals surface area contributed by atoms with E-state index in [1.165, 1.54) is 11.3 Å². The van der Waals surface area contributed by atoms with Gasteiger partial charge in [0.05, 0.1) is 37.6 Å². The van der Waals surface area contributed by atoms with Crippen molar-refractivity contribution in [3.05, 3.63) is 36.4 Å². The molecule has 2 aromatic carbocycles. The Morgan fingerprint density at radius 3 is 2.67 bits per heavy atom. The average molecular weight is 387 g/mol. The van der Waals surface area contributed by atoms with Gasteiger partial charge in [-0.3, -0.25) is 4.79 Å². The second-order valence-electron chi connectivity index (χ2n) is 5.55. The normalized spacial score (nSPS) is 10.5. The van der Waals surface area contributed by atoms with Gasteiger partial charge < -0.3 is 24.8 Å². The summed E-state index contributed by atoms with van der Waals surface area (Å²) in [6.45, 7) is 2.67. The Kier molecular flexibility index (Phi) is 5.97. The number of amides is 1. The van der Waals surface area contributed by atoms with Crippen LogP contribution in [-0.2, 0) is 4.79 Å². The number of aromatic nitrogens is 1. The smallest absolute Gasteiger partial charge is 0.243 e. The topological polar surface area (TPSA) is 81.7 Å². The van der Waals surface area contributed by atoms with Crippen molar-refractivity contribution in [3.8, 4) is 17.2 Å². The Hall–Kier alpha value is -3.00. The first-order chi connectivity index (χ1) is 13.1. The number of benzene rings is 2. The highest BCUT2D eigenvalue weighted by Gasteiger charge is 2.09. The van der Waals surface area contributed by atoms with Crippen LogP contribution in [0.15, 0.2) is 36.4 Å². The summed E-state index contributed by atoms with van der Waals surface area (Å²) in [5.74, 6) is 1.79. The van der Waals surface area contributed by atoms with Crippen molar-refractivity contribution in [2.45, 2.75) is 6.92 Å². The predicted octanol–water partition coefficient (Wildman–Crippen LogP) is 3.76. The lowest BCUT2D eigenvalue weighted by Gasteiger charge is -2.10. The Morgan fingerprint density at radius 2 is 1.93 bits per heavy atom. The third kappa shape index (κ3) is 4.59. The Balaban J connectivity index is 1.61. The lowest BCUT2D eigenvalue weighted by molar-refractivity contribution is -0.114. The molecule has 0 aliphatic carbocycles. The SMILES string of the molecule is CCOc1ccc2nc(NCC(=O)Nc3ccc(OC)c(OC)c3)sc2c1. The fourth-order valence-electron chi connectivity index (χ4n) is 2.51. The zero-order valence-corrected chi connectivity index (χ0v) is 16.2. The molecule has 0 aliphatic rings. The number of hydrogen-bond acceptors (Lipinski definition) is 7. The molecule has 7 nitrogen and oxygen atoms in total. The van der Waals surface area contributed by atoms with Crippen molar-refractivity contribution >= 4 is 38.3 Å². The molecule has 0 aliphatic heterocycles. The molecule has 27 heavy (non-hydrogen) atoms. The molecule has 0 saturated carbocycles. The number of fused-ring (bicyclic) bond motifs is 1. The molecule has 142 valence electrons. The van der Waals surface area contributed by atoms with Crippen LogP contribution in [-0.4, -0.2) is 38.3 Å². The first kappa shape index (κ1) is 18.8. The number of carbonyl (C=O) groups excluding carboxylic acids is 1. The molecular formula is C19H21N3O4S. The number of methoxy groups -OCH3 is 2. The number of thiazole rings is 1. The second kappa shape index (κ2) is 8.59. The summed E-state index contributed by atoms with van der Waals surface area (Å²) in [5, 5.41) is 6.55. The van der Waals surface area contributed by atoms with Crippen LogP contribution < -0.4 is 24.8 Å². The van der Waals surface area contributed by atoms with Crippen molar-refractivity contribution < 1.29 is 19.0 Å². The van der Waals surface area contributed by atoms with E-state index in [0.29, 0.717) is 28.9 Å². The molecule has 0 unspecified atom stereocenters.